The van der Waals surface area contributed by atoms with Gasteiger partial charge in [0.2, 0.25) is 0 Å². The molecule has 0 fully saturated rings. The molecule has 8 rings (SSSR count). The van der Waals surface area contributed by atoms with E-state index in [1.54, 1.807) is 0 Å². The second-order valence-corrected chi connectivity index (χ2v) is 48.8. The van der Waals surface area contributed by atoms with E-state index in [-0.39, 0.29) is 18.2 Å². The summed E-state index contributed by atoms with van der Waals surface area (Å²) in [5.41, 5.74) is 14.2. The Morgan fingerprint density at radius 3 is 1.23 bits per heavy atom. The molecule has 0 atom stereocenters. The van der Waals surface area contributed by atoms with Crippen LogP contribution in [0.15, 0.2) is 167 Å². The van der Waals surface area contributed by atoms with Gasteiger partial charge < -0.3 is 0 Å². The van der Waals surface area contributed by atoms with Crippen LogP contribution in [0.3, 0.4) is 0 Å². The zero-order valence-corrected chi connectivity index (χ0v) is 41.0. The molecule has 282 valence electrons. The third kappa shape index (κ3) is 6.92. The molecule has 0 spiro atoms. The van der Waals surface area contributed by atoms with Crippen molar-refractivity contribution in [3.05, 3.63) is 200 Å². The van der Waals surface area contributed by atoms with Gasteiger partial charge in [0.25, 0.3) is 0 Å². The number of fused-ring (bicyclic) bond motifs is 3. The average molecular weight is 1070 g/mol. The number of allylic oxidation sites excluding steroid dienone is 4. The van der Waals surface area contributed by atoms with E-state index in [0.717, 1.165) is 23.3 Å². The van der Waals surface area contributed by atoms with Crippen molar-refractivity contribution in [1.29, 1.82) is 0 Å². The van der Waals surface area contributed by atoms with Crippen LogP contribution in [-0.4, -0.2) is 3.26 Å². The van der Waals surface area contributed by atoms with Crippen molar-refractivity contribution in [2.24, 2.45) is 0 Å². The molecule has 0 saturated carbocycles. The summed E-state index contributed by atoms with van der Waals surface area (Å²) in [6, 6.07) is 48.8. The molecule has 2 aliphatic carbocycles. The summed E-state index contributed by atoms with van der Waals surface area (Å²) in [7, 11) is 18.1. The van der Waals surface area contributed by atoms with Gasteiger partial charge in [-0.15, -0.1) is 0 Å². The zero-order chi connectivity index (χ0) is 39.6. The molecule has 56 heavy (non-hydrogen) atoms. The van der Waals surface area contributed by atoms with Gasteiger partial charge in [-0.2, -0.15) is 0 Å². The summed E-state index contributed by atoms with van der Waals surface area (Å²) in [5, 5.41) is 0. The van der Waals surface area contributed by atoms with Gasteiger partial charge in [-0.05, 0) is 0 Å². The number of hydrogen-bond donors (Lipinski definition) is 0. The van der Waals surface area contributed by atoms with E-state index in [1.165, 1.54) is 55.6 Å². The number of halogens is 4. The molecule has 0 aliphatic heterocycles. The Bertz CT molecular complexity index is 2430. The van der Waals surface area contributed by atoms with Crippen LogP contribution in [0.2, 0.25) is 3.67 Å². The zero-order valence-electron chi connectivity index (χ0n) is 32.7. The first kappa shape index (κ1) is 39.9. The topological polar surface area (TPSA) is 0 Å². The first-order valence-corrected chi connectivity index (χ1v) is 35.8. The predicted molar refractivity (Wildman–Crippen MR) is 247 cm³/mol. The van der Waals surface area contributed by atoms with E-state index in [0.29, 0.717) is 0 Å². The molecule has 5 heteroatoms. The molecule has 0 N–H and O–H groups in total. The average Bonchev–Trinajstić information content (AvgIpc) is 3.84. The monoisotopic (exact) mass is 1070 g/mol. The van der Waals surface area contributed by atoms with Crippen LogP contribution in [-0.2, 0) is 26.5 Å². The Labute approximate surface area is 357 Å². The fraction of sp³-hybridized carbons (Fsp3) is 0.196. The van der Waals surface area contributed by atoms with Gasteiger partial charge >= 0.3 is 361 Å². The Balaban J connectivity index is 1.61. The second kappa shape index (κ2) is 14.7. The molecule has 0 unspecified atom stereocenters. The van der Waals surface area contributed by atoms with Crippen molar-refractivity contribution < 1.29 is 15.7 Å². The van der Waals surface area contributed by atoms with Crippen molar-refractivity contribution in [2.45, 2.75) is 59.7 Å². The van der Waals surface area contributed by atoms with Gasteiger partial charge in [0.05, 0.1) is 0 Å². The molecule has 0 aromatic heterocycles. The predicted octanol–water partition coefficient (Wildman–Crippen LogP) is 16.4. The van der Waals surface area contributed by atoms with E-state index in [9.17, 15) is 0 Å². The maximum absolute atomic E-state index is 9.06. The second-order valence-electron chi connectivity index (χ2n) is 17.5. The fourth-order valence-corrected chi connectivity index (χ4v) is 37.4. The summed E-state index contributed by atoms with van der Waals surface area (Å²) in [4.78, 5) is 0. The van der Waals surface area contributed by atoms with Gasteiger partial charge in [0.1, 0.15) is 0 Å². The molecule has 0 bridgehead atoms. The normalized spacial score (nSPS) is 14.6. The van der Waals surface area contributed by atoms with Gasteiger partial charge in [0, 0.05) is 0 Å². The molecule has 0 amide bonds. The van der Waals surface area contributed by atoms with E-state index < -0.39 is 15.7 Å². The van der Waals surface area contributed by atoms with Gasteiger partial charge in [-0.3, -0.25) is 0 Å². The van der Waals surface area contributed by atoms with Crippen molar-refractivity contribution in [1.82, 2.24) is 0 Å². The Morgan fingerprint density at radius 1 is 0.500 bits per heavy atom. The third-order valence-corrected chi connectivity index (χ3v) is 40.9. The van der Waals surface area contributed by atoms with Crippen molar-refractivity contribution in [2.75, 3.05) is 0 Å². The van der Waals surface area contributed by atoms with Gasteiger partial charge in [-0.1, -0.05) is 0 Å². The molecule has 0 saturated heterocycles. The van der Waals surface area contributed by atoms with Gasteiger partial charge in [0.15, 0.2) is 0 Å². The van der Waals surface area contributed by atoms with Crippen LogP contribution in [0.4, 0.5) is 0 Å². The maximum atomic E-state index is 9.06. The van der Waals surface area contributed by atoms with E-state index in [4.69, 9.17) is 17.2 Å². The van der Waals surface area contributed by atoms with Crippen molar-refractivity contribution >= 4 is 52.3 Å². The summed E-state index contributed by atoms with van der Waals surface area (Å²) < 4.78 is 2.67. The van der Waals surface area contributed by atoms with Crippen molar-refractivity contribution in [3.8, 4) is 33.4 Å². The number of benzene rings is 6. The SMILES string of the molecule is CC(C)(C)c1cc2c(cc1-c1ccccc1)[CH]([Hf]([Cl])([Cl])(=[C](c1ccc(Br)cc1)c1ccc(Br)cc1)[CH]1C=CC=C1)c1cc(-c3ccccc3)c(C(C)(C)C)cc1-2. The number of hydrogen-bond acceptors (Lipinski definition) is 0. The fourth-order valence-electron chi connectivity index (χ4n) is 9.11. The summed E-state index contributed by atoms with van der Waals surface area (Å²) in [6.07, 6.45) is 8.82. The molecule has 2 aliphatic rings. The van der Waals surface area contributed by atoms with E-state index in [1.807, 2.05) is 0 Å². The minimum atomic E-state index is -5.85. The van der Waals surface area contributed by atoms with E-state index in [2.05, 4.69) is 231 Å². The van der Waals surface area contributed by atoms with Crippen LogP contribution in [0, 0.1) is 0 Å². The van der Waals surface area contributed by atoms with Crippen LogP contribution >= 0.6 is 49.0 Å². The Hall–Kier alpha value is -2.92. The third-order valence-electron chi connectivity index (χ3n) is 11.7. The summed E-state index contributed by atoms with van der Waals surface area (Å²) >= 11 is 1.59. The molecular weight excluding hydrogens is 1020 g/mol. The summed E-state index contributed by atoms with van der Waals surface area (Å²) in [6.45, 7) is 13.9. The Kier molecular flexibility index (Phi) is 10.5. The molecule has 0 heterocycles. The standard InChI is InChI=1S/C33H33.C13H8Br2.C5H5.2ClH.Hf/c1-32(2,3)30-20-26-24(18-28(30)22-13-9-7-10-14-22)17-25-19-29(23-15-11-8-12-16-23)31(21-27(25)26)33(4,5)6;14-12-5-1-10(2-6-12)9-11-3-7-13(15)8-4-11;1-2-4-5-3-1;;;/h7-21H,1-6H3;1-8H;1-5H;2*1H;/q;;;;;+2/p-2. The molecule has 0 radical (unpaired) electrons. The van der Waals surface area contributed by atoms with Crippen molar-refractivity contribution in [3.63, 3.8) is 0 Å². The van der Waals surface area contributed by atoms with Crippen LogP contribution in [0.25, 0.3) is 33.4 Å². The van der Waals surface area contributed by atoms with Crippen LogP contribution < -0.4 is 0 Å². The molecule has 6 aromatic carbocycles. The number of rotatable bonds is 6. The Morgan fingerprint density at radius 2 is 0.875 bits per heavy atom. The minimum absolute atomic E-state index is 0.126. The summed E-state index contributed by atoms with van der Waals surface area (Å²) in [5.74, 6) is 0. The molecular formula is C51H46Br2Cl2Hf. The first-order valence-electron chi connectivity index (χ1n) is 19.4. The quantitative estimate of drug-likeness (QED) is 0.146. The van der Waals surface area contributed by atoms with Crippen LogP contribution in [0.5, 0.6) is 0 Å². The van der Waals surface area contributed by atoms with Crippen LogP contribution in [0.1, 0.15) is 78.6 Å². The van der Waals surface area contributed by atoms with Gasteiger partial charge in [-0.25, -0.2) is 0 Å². The molecule has 6 aromatic rings. The molecule has 0 nitrogen and oxygen atoms in total. The van der Waals surface area contributed by atoms with E-state index >= 15 is 0 Å². The first-order chi connectivity index (χ1) is 26.5.